The van der Waals surface area contributed by atoms with Gasteiger partial charge in [-0.3, -0.25) is 14.5 Å². The fraction of sp³-hybridized carbons (Fsp3) is 0.0833. The van der Waals surface area contributed by atoms with Crippen molar-refractivity contribution in [2.45, 2.75) is 13.0 Å². The van der Waals surface area contributed by atoms with Gasteiger partial charge >= 0.3 is 0 Å². The molecule has 3 aromatic carbocycles. The van der Waals surface area contributed by atoms with Crippen molar-refractivity contribution < 1.29 is 19.1 Å². The zero-order valence-corrected chi connectivity index (χ0v) is 16.7. The van der Waals surface area contributed by atoms with Crippen molar-refractivity contribution in [2.75, 3.05) is 4.90 Å². The molecule has 0 aliphatic carbocycles. The Hall–Kier alpha value is -3.44. The zero-order chi connectivity index (χ0) is 21.4. The summed E-state index contributed by atoms with van der Waals surface area (Å²) in [7, 11) is 0. The highest BCUT2D eigenvalue weighted by molar-refractivity contribution is 6.51. The van der Waals surface area contributed by atoms with Crippen molar-refractivity contribution in [1.29, 1.82) is 0 Å². The van der Waals surface area contributed by atoms with E-state index in [0.29, 0.717) is 21.8 Å². The van der Waals surface area contributed by atoms with E-state index in [1.165, 1.54) is 29.2 Å². The second kappa shape index (κ2) is 7.76. The Balaban J connectivity index is 1.93. The van der Waals surface area contributed by atoms with Crippen molar-refractivity contribution in [2.24, 2.45) is 0 Å². The molecule has 1 atom stereocenters. The highest BCUT2D eigenvalue weighted by Gasteiger charge is 2.46. The van der Waals surface area contributed by atoms with Crippen LogP contribution in [-0.2, 0) is 9.59 Å². The Morgan fingerprint density at radius 2 is 1.53 bits per heavy atom. The molecule has 0 bridgehead atoms. The third kappa shape index (κ3) is 3.48. The molecule has 0 saturated carbocycles. The molecule has 4 nitrogen and oxygen atoms in total. The topological polar surface area (TPSA) is 57.6 Å². The largest absolute Gasteiger partial charge is 0.507 e. The summed E-state index contributed by atoms with van der Waals surface area (Å²) in [6.45, 7) is 1.91. The van der Waals surface area contributed by atoms with Crippen molar-refractivity contribution in [3.05, 3.63) is 106 Å². The Morgan fingerprint density at radius 1 is 0.933 bits per heavy atom. The van der Waals surface area contributed by atoms with Crippen LogP contribution >= 0.6 is 11.6 Å². The Bertz CT molecular complexity index is 1150. The summed E-state index contributed by atoms with van der Waals surface area (Å²) in [5.74, 6) is -2.32. The highest BCUT2D eigenvalue weighted by Crippen LogP contribution is 2.42. The van der Waals surface area contributed by atoms with Gasteiger partial charge in [0.15, 0.2) is 0 Å². The van der Waals surface area contributed by atoms with Crippen LogP contribution in [-0.4, -0.2) is 16.8 Å². The predicted octanol–water partition coefficient (Wildman–Crippen LogP) is 5.41. The molecule has 3 aromatic rings. The number of rotatable bonds is 3. The van der Waals surface area contributed by atoms with Gasteiger partial charge < -0.3 is 5.11 Å². The molecule has 1 aliphatic rings. The lowest BCUT2D eigenvalue weighted by atomic mass is 9.95. The lowest BCUT2D eigenvalue weighted by molar-refractivity contribution is -0.132. The molecule has 0 radical (unpaired) electrons. The van der Waals surface area contributed by atoms with Crippen molar-refractivity contribution >= 4 is 34.7 Å². The maximum Gasteiger partial charge on any atom is 0.300 e. The summed E-state index contributed by atoms with van der Waals surface area (Å²) in [5.41, 5.74) is 2.30. The number of halogens is 2. The van der Waals surface area contributed by atoms with E-state index in [1.54, 1.807) is 36.4 Å². The van der Waals surface area contributed by atoms with Gasteiger partial charge in [-0.2, -0.15) is 0 Å². The van der Waals surface area contributed by atoms with E-state index in [9.17, 15) is 19.1 Å². The number of amides is 1. The summed E-state index contributed by atoms with van der Waals surface area (Å²) in [4.78, 5) is 27.3. The Kier molecular flexibility index (Phi) is 5.14. The van der Waals surface area contributed by atoms with Gasteiger partial charge in [-0.05, 0) is 61.0 Å². The number of ketones is 1. The van der Waals surface area contributed by atoms with Crippen LogP contribution in [0.3, 0.4) is 0 Å². The molecule has 4 rings (SSSR count). The number of aliphatic hydroxyl groups excluding tert-OH is 1. The molecule has 6 heteroatoms. The molecule has 1 aliphatic heterocycles. The monoisotopic (exact) mass is 421 g/mol. The Labute approximate surface area is 177 Å². The minimum atomic E-state index is -0.899. The average Bonchev–Trinajstić information content (AvgIpc) is 3.00. The molecule has 1 heterocycles. The number of anilines is 1. The minimum Gasteiger partial charge on any atom is -0.507 e. The van der Waals surface area contributed by atoms with Crippen LogP contribution in [0.15, 0.2) is 78.4 Å². The minimum absolute atomic E-state index is 0.0606. The summed E-state index contributed by atoms with van der Waals surface area (Å²) in [6.07, 6.45) is 0. The summed E-state index contributed by atoms with van der Waals surface area (Å²) in [6, 6.07) is 18.0. The van der Waals surface area contributed by atoms with Crippen LogP contribution < -0.4 is 4.90 Å². The summed E-state index contributed by atoms with van der Waals surface area (Å²) in [5, 5.41) is 11.4. The van der Waals surface area contributed by atoms with Gasteiger partial charge in [-0.15, -0.1) is 0 Å². The van der Waals surface area contributed by atoms with Gasteiger partial charge in [-0.1, -0.05) is 41.4 Å². The number of aliphatic hydroxyl groups is 1. The molecule has 0 aromatic heterocycles. The first-order chi connectivity index (χ1) is 14.4. The Morgan fingerprint density at radius 3 is 2.13 bits per heavy atom. The molecule has 150 valence electrons. The first kappa shape index (κ1) is 19.9. The predicted molar refractivity (Wildman–Crippen MR) is 114 cm³/mol. The number of benzene rings is 3. The maximum absolute atomic E-state index is 13.5. The number of carbonyl (C=O) groups excluding carboxylic acids is 2. The smallest absolute Gasteiger partial charge is 0.300 e. The van der Waals surface area contributed by atoms with Crippen LogP contribution in [0.1, 0.15) is 22.7 Å². The third-order valence-corrected chi connectivity index (χ3v) is 5.31. The lowest BCUT2D eigenvalue weighted by Crippen LogP contribution is -2.29. The third-order valence-electron chi connectivity index (χ3n) is 5.06. The number of carbonyl (C=O) groups is 2. The van der Waals surface area contributed by atoms with Crippen molar-refractivity contribution in [3.63, 3.8) is 0 Å². The van der Waals surface area contributed by atoms with Gasteiger partial charge in [0.2, 0.25) is 0 Å². The molecule has 1 fully saturated rings. The standard InChI is InChI=1S/C24H17ClFNO3/c1-14-2-12-19(13-3-14)27-21(15-6-10-18(26)11-7-15)20(23(29)24(27)30)22(28)16-4-8-17(25)9-5-16/h2-13,21,28H,1H3/b22-20+. The quantitative estimate of drug-likeness (QED) is 0.349. The van der Waals surface area contributed by atoms with E-state index in [4.69, 9.17) is 11.6 Å². The number of hydrogen-bond acceptors (Lipinski definition) is 3. The first-order valence-corrected chi connectivity index (χ1v) is 9.63. The van der Waals surface area contributed by atoms with Crippen LogP contribution in [0, 0.1) is 12.7 Å². The van der Waals surface area contributed by atoms with Crippen LogP contribution in [0.5, 0.6) is 0 Å². The van der Waals surface area contributed by atoms with Crippen LogP contribution in [0.2, 0.25) is 5.02 Å². The van der Waals surface area contributed by atoms with Crippen LogP contribution in [0.4, 0.5) is 10.1 Å². The second-order valence-corrected chi connectivity index (χ2v) is 7.50. The number of hydrogen-bond donors (Lipinski definition) is 1. The van der Waals surface area contributed by atoms with Gasteiger partial charge in [0.1, 0.15) is 11.6 Å². The first-order valence-electron chi connectivity index (χ1n) is 9.26. The molecule has 1 unspecified atom stereocenters. The number of Topliss-reactive ketones (excluding diaryl/α,β-unsaturated/α-hetero) is 1. The lowest BCUT2D eigenvalue weighted by Gasteiger charge is -2.25. The van der Waals surface area contributed by atoms with E-state index in [-0.39, 0.29) is 11.3 Å². The average molecular weight is 422 g/mol. The zero-order valence-electron chi connectivity index (χ0n) is 16.0. The fourth-order valence-electron chi connectivity index (χ4n) is 3.53. The maximum atomic E-state index is 13.5. The van der Waals surface area contributed by atoms with Crippen LogP contribution in [0.25, 0.3) is 5.76 Å². The number of aryl methyl sites for hydroxylation is 1. The van der Waals surface area contributed by atoms with Gasteiger partial charge in [0.05, 0.1) is 11.6 Å². The number of nitrogens with zero attached hydrogens (tertiary/aromatic N) is 1. The van der Waals surface area contributed by atoms with E-state index in [2.05, 4.69) is 0 Å². The molecule has 1 N–H and O–H groups in total. The SMILES string of the molecule is Cc1ccc(N2C(=O)C(=O)/C(=C(/O)c3ccc(Cl)cc3)C2c2ccc(F)cc2)cc1. The van der Waals surface area contributed by atoms with E-state index < -0.39 is 23.5 Å². The molecule has 1 amide bonds. The molecule has 1 saturated heterocycles. The van der Waals surface area contributed by atoms with E-state index in [0.717, 1.165) is 5.56 Å². The van der Waals surface area contributed by atoms with Crippen molar-refractivity contribution in [3.8, 4) is 0 Å². The fourth-order valence-corrected chi connectivity index (χ4v) is 3.65. The second-order valence-electron chi connectivity index (χ2n) is 7.06. The summed E-state index contributed by atoms with van der Waals surface area (Å²) >= 11 is 5.92. The molecular formula is C24H17ClFNO3. The van der Waals surface area contributed by atoms with Gasteiger partial charge in [0.25, 0.3) is 11.7 Å². The molecular weight excluding hydrogens is 405 g/mol. The molecule has 30 heavy (non-hydrogen) atoms. The summed E-state index contributed by atoms with van der Waals surface area (Å²) < 4.78 is 13.5. The van der Waals surface area contributed by atoms with E-state index >= 15 is 0 Å². The highest BCUT2D eigenvalue weighted by atomic mass is 35.5. The molecule has 0 spiro atoms. The van der Waals surface area contributed by atoms with Crippen molar-refractivity contribution in [1.82, 2.24) is 0 Å². The van der Waals surface area contributed by atoms with E-state index in [1.807, 2.05) is 19.1 Å². The van der Waals surface area contributed by atoms with Gasteiger partial charge in [0, 0.05) is 16.3 Å². The van der Waals surface area contributed by atoms with Gasteiger partial charge in [-0.25, -0.2) is 4.39 Å². The normalized spacial score (nSPS) is 18.1.